The molecular formula is C23H22N2O7S. The molecule has 2 aromatic carbocycles. The standard InChI is InChI=1S/C21H20N2O3S.C2H2O4/c1-13(20(25)14-6-8-15(24)9-7-14)22-12-16-10-11-18(26-16)21-23-17-4-2-3-5-19(17)27-21;3-1(4)2(5)6/h2-11,13,20,22,24-25H,12H2,1H3;(H,3,4)(H,5,6). The molecule has 0 aliphatic heterocycles. The maximum Gasteiger partial charge on any atom is 0.414 e. The highest BCUT2D eigenvalue weighted by Crippen LogP contribution is 2.31. The number of furan rings is 1. The third-order valence-electron chi connectivity index (χ3n) is 4.66. The number of phenolic OH excluding ortho intramolecular Hbond substituents is 1. The van der Waals surface area contributed by atoms with Gasteiger partial charge in [-0.3, -0.25) is 0 Å². The minimum absolute atomic E-state index is 0.175. The molecule has 10 heteroatoms. The fraction of sp³-hybridized carbons (Fsp3) is 0.174. The molecule has 172 valence electrons. The highest BCUT2D eigenvalue weighted by molar-refractivity contribution is 7.21. The lowest BCUT2D eigenvalue weighted by atomic mass is 10.0. The molecule has 0 spiro atoms. The van der Waals surface area contributed by atoms with E-state index in [0.29, 0.717) is 6.54 Å². The number of aromatic nitrogens is 1. The summed E-state index contributed by atoms with van der Waals surface area (Å²) in [6.45, 7) is 2.41. The Kier molecular flexibility index (Phi) is 7.78. The number of nitrogens with zero attached hydrogens (tertiary/aromatic N) is 1. The van der Waals surface area contributed by atoms with Gasteiger partial charge in [0.1, 0.15) is 11.5 Å². The lowest BCUT2D eigenvalue weighted by Crippen LogP contribution is -2.31. The molecule has 2 heterocycles. The quantitative estimate of drug-likeness (QED) is 0.266. The van der Waals surface area contributed by atoms with Crippen LogP contribution in [0.15, 0.2) is 65.1 Å². The summed E-state index contributed by atoms with van der Waals surface area (Å²) >= 11 is 1.61. The third-order valence-corrected chi connectivity index (χ3v) is 5.71. The Morgan fingerprint density at radius 3 is 2.33 bits per heavy atom. The molecule has 0 saturated heterocycles. The second kappa shape index (κ2) is 10.7. The maximum absolute atomic E-state index is 10.4. The van der Waals surface area contributed by atoms with Gasteiger partial charge < -0.3 is 30.2 Å². The van der Waals surface area contributed by atoms with Gasteiger partial charge in [0, 0.05) is 6.04 Å². The van der Waals surface area contributed by atoms with Gasteiger partial charge in [0.25, 0.3) is 0 Å². The van der Waals surface area contributed by atoms with Crippen LogP contribution in [-0.4, -0.2) is 43.4 Å². The molecular weight excluding hydrogens is 448 g/mol. The second-order valence-electron chi connectivity index (χ2n) is 7.07. The predicted octanol–water partition coefficient (Wildman–Crippen LogP) is 3.63. The van der Waals surface area contributed by atoms with E-state index in [1.165, 1.54) is 0 Å². The van der Waals surface area contributed by atoms with Crippen LogP contribution in [0.4, 0.5) is 0 Å². The van der Waals surface area contributed by atoms with Crippen molar-refractivity contribution in [2.24, 2.45) is 0 Å². The van der Waals surface area contributed by atoms with Gasteiger partial charge in [-0.2, -0.15) is 0 Å². The molecule has 2 unspecified atom stereocenters. The molecule has 2 atom stereocenters. The summed E-state index contributed by atoms with van der Waals surface area (Å²) in [5.74, 6) is -1.93. The third kappa shape index (κ3) is 6.39. The number of hydrogen-bond acceptors (Lipinski definition) is 8. The molecule has 9 nitrogen and oxygen atoms in total. The first kappa shape index (κ1) is 23.9. The van der Waals surface area contributed by atoms with E-state index in [2.05, 4.69) is 10.3 Å². The molecule has 4 aromatic rings. The van der Waals surface area contributed by atoms with Gasteiger partial charge in [-0.15, -0.1) is 11.3 Å². The molecule has 2 aromatic heterocycles. The number of rotatable bonds is 6. The zero-order valence-electron chi connectivity index (χ0n) is 17.5. The van der Waals surface area contributed by atoms with Gasteiger partial charge in [0.15, 0.2) is 10.8 Å². The van der Waals surface area contributed by atoms with Crippen LogP contribution in [-0.2, 0) is 16.1 Å². The van der Waals surface area contributed by atoms with Crippen molar-refractivity contribution in [1.82, 2.24) is 10.3 Å². The molecule has 33 heavy (non-hydrogen) atoms. The Hall–Kier alpha value is -3.73. The number of aliphatic hydroxyl groups is 1. The van der Waals surface area contributed by atoms with E-state index in [9.17, 15) is 10.2 Å². The number of thiazole rings is 1. The van der Waals surface area contributed by atoms with Crippen LogP contribution in [0.2, 0.25) is 0 Å². The molecule has 0 radical (unpaired) electrons. The van der Waals surface area contributed by atoms with Crippen LogP contribution in [0.3, 0.4) is 0 Å². The topological polar surface area (TPSA) is 153 Å². The SMILES string of the molecule is CC(NCc1ccc(-c2nc3ccccc3s2)o1)C(O)c1ccc(O)cc1.O=C(O)C(=O)O. The average Bonchev–Trinajstić information content (AvgIpc) is 3.44. The Morgan fingerprint density at radius 1 is 1.03 bits per heavy atom. The largest absolute Gasteiger partial charge is 0.508 e. The summed E-state index contributed by atoms with van der Waals surface area (Å²) in [6, 6.07) is 18.3. The highest BCUT2D eigenvalue weighted by Gasteiger charge is 2.17. The summed E-state index contributed by atoms with van der Waals surface area (Å²) in [5, 5.41) is 38.7. The van der Waals surface area contributed by atoms with Crippen molar-refractivity contribution in [3.05, 3.63) is 72.0 Å². The monoisotopic (exact) mass is 470 g/mol. The Labute approximate surface area is 192 Å². The first-order chi connectivity index (χ1) is 15.7. The van der Waals surface area contributed by atoms with Gasteiger partial charge in [0.05, 0.1) is 22.9 Å². The summed E-state index contributed by atoms with van der Waals surface area (Å²) in [4.78, 5) is 22.8. The van der Waals surface area contributed by atoms with Crippen molar-refractivity contribution in [2.45, 2.75) is 25.6 Å². The summed E-state index contributed by atoms with van der Waals surface area (Å²) < 4.78 is 7.06. The number of aliphatic hydroxyl groups excluding tert-OH is 1. The summed E-state index contributed by atoms with van der Waals surface area (Å²) in [5.41, 5.74) is 1.72. The number of carboxylic acid groups (broad SMARTS) is 2. The summed E-state index contributed by atoms with van der Waals surface area (Å²) in [7, 11) is 0. The first-order valence-electron chi connectivity index (χ1n) is 9.86. The number of carboxylic acids is 2. The van der Waals surface area contributed by atoms with Gasteiger partial charge in [0.2, 0.25) is 0 Å². The number of carbonyl (C=O) groups is 2. The van der Waals surface area contributed by atoms with Crippen LogP contribution >= 0.6 is 11.3 Å². The van der Waals surface area contributed by atoms with Crippen molar-refractivity contribution in [1.29, 1.82) is 0 Å². The van der Waals surface area contributed by atoms with Crippen LogP contribution in [0.25, 0.3) is 21.0 Å². The minimum Gasteiger partial charge on any atom is -0.508 e. The van der Waals surface area contributed by atoms with E-state index in [0.717, 1.165) is 32.3 Å². The van der Waals surface area contributed by atoms with Gasteiger partial charge in [-0.05, 0) is 48.9 Å². The van der Waals surface area contributed by atoms with Crippen molar-refractivity contribution < 1.29 is 34.4 Å². The maximum atomic E-state index is 10.4. The fourth-order valence-corrected chi connectivity index (χ4v) is 3.83. The van der Waals surface area contributed by atoms with Crippen LogP contribution in [0.1, 0.15) is 24.4 Å². The number of nitrogens with one attached hydrogen (secondary N) is 1. The molecule has 0 fully saturated rings. The van der Waals surface area contributed by atoms with Crippen LogP contribution in [0.5, 0.6) is 5.75 Å². The summed E-state index contributed by atoms with van der Waals surface area (Å²) in [6.07, 6.45) is -0.677. The molecule has 0 saturated carbocycles. The van der Waals surface area contributed by atoms with Crippen LogP contribution in [0, 0.1) is 0 Å². The number of aliphatic carboxylic acids is 2. The van der Waals surface area contributed by atoms with Crippen molar-refractivity contribution in [2.75, 3.05) is 0 Å². The number of phenols is 1. The lowest BCUT2D eigenvalue weighted by molar-refractivity contribution is -0.159. The van der Waals surface area contributed by atoms with E-state index in [-0.39, 0.29) is 11.8 Å². The number of benzene rings is 2. The number of para-hydroxylation sites is 1. The molecule has 0 amide bonds. The Balaban J connectivity index is 0.000000454. The molecule has 0 bridgehead atoms. The van der Waals surface area contributed by atoms with Gasteiger partial charge in [-0.1, -0.05) is 24.3 Å². The van der Waals surface area contributed by atoms with Gasteiger partial charge in [-0.25, -0.2) is 14.6 Å². The minimum atomic E-state index is -1.82. The van der Waals surface area contributed by atoms with E-state index >= 15 is 0 Å². The van der Waals surface area contributed by atoms with E-state index in [4.69, 9.17) is 24.2 Å². The average molecular weight is 471 g/mol. The smallest absolute Gasteiger partial charge is 0.414 e. The molecule has 5 N–H and O–H groups in total. The second-order valence-corrected chi connectivity index (χ2v) is 8.10. The van der Waals surface area contributed by atoms with E-state index < -0.39 is 18.0 Å². The molecule has 0 aliphatic rings. The zero-order valence-corrected chi connectivity index (χ0v) is 18.3. The predicted molar refractivity (Wildman–Crippen MR) is 122 cm³/mol. The van der Waals surface area contributed by atoms with Crippen LogP contribution < -0.4 is 5.32 Å². The van der Waals surface area contributed by atoms with E-state index in [1.54, 1.807) is 35.6 Å². The number of hydrogen-bond donors (Lipinski definition) is 5. The normalized spacial score (nSPS) is 12.5. The van der Waals surface area contributed by atoms with Crippen molar-refractivity contribution in [3.8, 4) is 16.5 Å². The first-order valence-corrected chi connectivity index (χ1v) is 10.7. The highest BCUT2D eigenvalue weighted by atomic mass is 32.1. The molecule has 4 rings (SSSR count). The fourth-order valence-electron chi connectivity index (χ4n) is 2.90. The Morgan fingerprint density at radius 2 is 1.70 bits per heavy atom. The van der Waals surface area contributed by atoms with Crippen molar-refractivity contribution >= 4 is 33.5 Å². The number of aromatic hydroxyl groups is 1. The van der Waals surface area contributed by atoms with Crippen molar-refractivity contribution in [3.63, 3.8) is 0 Å². The lowest BCUT2D eigenvalue weighted by Gasteiger charge is -2.20. The zero-order chi connectivity index (χ0) is 24.0. The van der Waals surface area contributed by atoms with E-state index in [1.807, 2.05) is 43.3 Å². The van der Waals surface area contributed by atoms with Gasteiger partial charge >= 0.3 is 11.9 Å². The molecule has 0 aliphatic carbocycles. The Bertz CT molecular complexity index is 1190. The number of fused-ring (bicyclic) bond motifs is 1.